The summed E-state index contributed by atoms with van der Waals surface area (Å²) in [6.45, 7) is 3.39. The zero-order valence-electron chi connectivity index (χ0n) is 9.51. The van der Waals surface area contributed by atoms with E-state index in [-0.39, 0.29) is 23.5 Å². The smallest absolute Gasteiger partial charge is 0.258 e. The van der Waals surface area contributed by atoms with Crippen LogP contribution in [0.15, 0.2) is 23.4 Å². The lowest BCUT2D eigenvalue weighted by molar-refractivity contribution is 0.556. The van der Waals surface area contributed by atoms with Crippen LogP contribution >= 0.6 is 12.4 Å². The Hall–Kier alpha value is -0.690. The molecule has 1 aliphatic rings. The van der Waals surface area contributed by atoms with E-state index in [1.54, 1.807) is 12.1 Å². The van der Waals surface area contributed by atoms with Gasteiger partial charge in [-0.15, -0.1) is 12.4 Å². The maximum Gasteiger partial charge on any atom is 0.258 e. The molecule has 2 rings (SSSR count). The van der Waals surface area contributed by atoms with Gasteiger partial charge in [-0.2, -0.15) is 0 Å². The van der Waals surface area contributed by atoms with Gasteiger partial charge in [-0.1, -0.05) is 0 Å². The molecule has 1 saturated heterocycles. The van der Waals surface area contributed by atoms with Crippen molar-refractivity contribution in [2.45, 2.75) is 24.4 Å². The van der Waals surface area contributed by atoms with Crippen LogP contribution in [0, 0.1) is 6.92 Å². The third kappa shape index (κ3) is 3.64. The minimum atomic E-state index is -3.47. The molecule has 1 fully saturated rings. The van der Waals surface area contributed by atoms with E-state index >= 15 is 0 Å². The summed E-state index contributed by atoms with van der Waals surface area (Å²) >= 11 is 0. The first-order chi connectivity index (χ1) is 7.58. The van der Waals surface area contributed by atoms with Crippen LogP contribution in [0.4, 0.5) is 0 Å². The number of hydrogen-bond acceptors (Lipinski definition) is 4. The quantitative estimate of drug-likeness (QED) is 0.842. The average Bonchev–Trinajstić information content (AvgIpc) is 2.70. The molecule has 1 atom stereocenters. The van der Waals surface area contributed by atoms with Crippen molar-refractivity contribution in [3.05, 3.63) is 23.9 Å². The number of nitrogens with one attached hydrogen (secondary N) is 2. The summed E-state index contributed by atoms with van der Waals surface area (Å²) in [5.41, 5.74) is 0.889. The second kappa shape index (κ2) is 5.77. The number of nitrogens with zero attached hydrogens (tertiary/aromatic N) is 1. The summed E-state index contributed by atoms with van der Waals surface area (Å²) in [4.78, 5) is 3.88. The number of aryl methyl sites for hydroxylation is 1. The fourth-order valence-corrected chi connectivity index (χ4v) is 2.99. The topological polar surface area (TPSA) is 71.1 Å². The van der Waals surface area contributed by atoms with E-state index in [9.17, 15) is 8.42 Å². The number of rotatable bonds is 3. The highest BCUT2D eigenvalue weighted by Gasteiger charge is 2.23. The van der Waals surface area contributed by atoms with Crippen molar-refractivity contribution in [3.8, 4) is 0 Å². The van der Waals surface area contributed by atoms with Crippen LogP contribution < -0.4 is 10.0 Å². The predicted octanol–water partition coefficient (Wildman–Crippen LogP) is 0.452. The lowest BCUT2D eigenvalue weighted by Crippen LogP contribution is -2.36. The summed E-state index contributed by atoms with van der Waals surface area (Å²) in [7, 11) is -3.47. The Morgan fingerprint density at radius 3 is 2.88 bits per heavy atom. The first kappa shape index (κ1) is 14.4. The van der Waals surface area contributed by atoms with E-state index in [4.69, 9.17) is 0 Å². The number of pyridine rings is 1. The molecule has 5 nitrogen and oxygen atoms in total. The standard InChI is InChI=1S/C10H15N3O2S.ClH/c1-8-2-5-12-10(6-8)16(14,15)13-9-3-4-11-7-9;/h2,5-6,9,11,13H,3-4,7H2,1H3;1H/t9-;/m1./s1. The third-order valence-electron chi connectivity index (χ3n) is 2.55. The van der Waals surface area contributed by atoms with Gasteiger partial charge in [0.05, 0.1) is 0 Å². The fourth-order valence-electron chi connectivity index (χ4n) is 1.69. The van der Waals surface area contributed by atoms with Crippen molar-refractivity contribution in [2.24, 2.45) is 0 Å². The van der Waals surface area contributed by atoms with Crippen LogP contribution in [0.25, 0.3) is 0 Å². The van der Waals surface area contributed by atoms with Crippen molar-refractivity contribution in [1.82, 2.24) is 15.0 Å². The number of sulfonamides is 1. The zero-order chi connectivity index (χ0) is 11.6. The lowest BCUT2D eigenvalue weighted by atomic mass is 10.3. The molecule has 0 unspecified atom stereocenters. The maximum atomic E-state index is 11.9. The van der Waals surface area contributed by atoms with Crippen LogP contribution in [-0.2, 0) is 10.0 Å². The zero-order valence-corrected chi connectivity index (χ0v) is 11.1. The number of hydrogen-bond donors (Lipinski definition) is 2. The van der Waals surface area contributed by atoms with Gasteiger partial charge in [0.2, 0.25) is 0 Å². The van der Waals surface area contributed by atoms with Crippen molar-refractivity contribution in [2.75, 3.05) is 13.1 Å². The molecule has 0 radical (unpaired) electrons. The molecule has 1 aliphatic heterocycles. The van der Waals surface area contributed by atoms with Crippen molar-refractivity contribution in [3.63, 3.8) is 0 Å². The minimum absolute atomic E-state index is 0. The van der Waals surface area contributed by atoms with Crippen LogP contribution in [0.5, 0.6) is 0 Å². The van der Waals surface area contributed by atoms with Gasteiger partial charge >= 0.3 is 0 Å². The second-order valence-electron chi connectivity index (χ2n) is 3.98. The van der Waals surface area contributed by atoms with E-state index in [1.165, 1.54) is 6.20 Å². The first-order valence-electron chi connectivity index (χ1n) is 5.24. The molecular weight excluding hydrogens is 262 g/mol. The van der Waals surface area contributed by atoms with Gasteiger partial charge in [0, 0.05) is 18.8 Å². The highest BCUT2D eigenvalue weighted by atomic mass is 35.5. The molecular formula is C10H16ClN3O2S. The van der Waals surface area contributed by atoms with Crippen molar-refractivity contribution in [1.29, 1.82) is 0 Å². The van der Waals surface area contributed by atoms with E-state index < -0.39 is 10.0 Å². The first-order valence-corrected chi connectivity index (χ1v) is 6.72. The Morgan fingerprint density at radius 2 is 2.29 bits per heavy atom. The normalized spacial score (nSPS) is 19.9. The van der Waals surface area contributed by atoms with Crippen molar-refractivity contribution >= 4 is 22.4 Å². The molecule has 0 amide bonds. The van der Waals surface area contributed by atoms with Gasteiger partial charge < -0.3 is 5.32 Å². The van der Waals surface area contributed by atoms with Gasteiger partial charge in [0.1, 0.15) is 0 Å². The minimum Gasteiger partial charge on any atom is -0.315 e. The SMILES string of the molecule is Cc1ccnc(S(=O)(=O)N[C@@H]2CCNC2)c1.Cl. The van der Waals surface area contributed by atoms with E-state index in [1.807, 2.05) is 6.92 Å². The summed E-state index contributed by atoms with van der Waals surface area (Å²) in [5.74, 6) is 0. The highest BCUT2D eigenvalue weighted by Crippen LogP contribution is 2.09. The van der Waals surface area contributed by atoms with E-state index in [0.717, 1.165) is 18.5 Å². The average molecular weight is 278 g/mol. The Kier molecular flexibility index (Phi) is 4.88. The van der Waals surface area contributed by atoms with Gasteiger partial charge in [0.25, 0.3) is 10.0 Å². The number of aromatic nitrogens is 1. The molecule has 0 bridgehead atoms. The second-order valence-corrected chi connectivity index (χ2v) is 5.64. The van der Waals surface area contributed by atoms with Gasteiger partial charge in [-0.25, -0.2) is 18.1 Å². The van der Waals surface area contributed by atoms with Gasteiger partial charge in [0.15, 0.2) is 5.03 Å². The summed E-state index contributed by atoms with van der Waals surface area (Å²) in [5, 5.41) is 3.21. The Morgan fingerprint density at radius 1 is 1.53 bits per heavy atom. The Bertz CT molecular complexity index is 472. The van der Waals surface area contributed by atoms with Gasteiger partial charge in [-0.05, 0) is 37.6 Å². The maximum absolute atomic E-state index is 11.9. The van der Waals surface area contributed by atoms with Crippen LogP contribution in [0.3, 0.4) is 0 Å². The molecule has 0 aromatic carbocycles. The third-order valence-corrected chi connectivity index (χ3v) is 3.97. The van der Waals surface area contributed by atoms with Crippen LogP contribution in [-0.4, -0.2) is 32.5 Å². The summed E-state index contributed by atoms with van der Waals surface area (Å²) in [6, 6.07) is 3.33. The molecule has 0 saturated carbocycles. The molecule has 7 heteroatoms. The Balaban J connectivity index is 0.00000144. The molecule has 0 aliphatic carbocycles. The molecule has 1 aromatic heterocycles. The van der Waals surface area contributed by atoms with Crippen molar-refractivity contribution < 1.29 is 8.42 Å². The molecule has 2 heterocycles. The number of halogens is 1. The molecule has 1 aromatic rings. The fraction of sp³-hybridized carbons (Fsp3) is 0.500. The van der Waals surface area contributed by atoms with Crippen LogP contribution in [0.1, 0.15) is 12.0 Å². The van der Waals surface area contributed by atoms with Crippen LogP contribution in [0.2, 0.25) is 0 Å². The van der Waals surface area contributed by atoms with E-state index in [2.05, 4.69) is 15.0 Å². The summed E-state index contributed by atoms with van der Waals surface area (Å²) in [6.07, 6.45) is 2.34. The molecule has 96 valence electrons. The lowest BCUT2D eigenvalue weighted by Gasteiger charge is -2.11. The largest absolute Gasteiger partial charge is 0.315 e. The van der Waals surface area contributed by atoms with Gasteiger partial charge in [-0.3, -0.25) is 0 Å². The monoisotopic (exact) mass is 277 g/mol. The molecule has 17 heavy (non-hydrogen) atoms. The predicted molar refractivity (Wildman–Crippen MR) is 67.8 cm³/mol. The van der Waals surface area contributed by atoms with E-state index in [0.29, 0.717) is 6.54 Å². The molecule has 2 N–H and O–H groups in total. The molecule has 0 spiro atoms. The summed E-state index contributed by atoms with van der Waals surface area (Å²) < 4.78 is 26.5. The highest BCUT2D eigenvalue weighted by molar-refractivity contribution is 7.89. The Labute approximate surface area is 107 Å².